The summed E-state index contributed by atoms with van der Waals surface area (Å²) in [5, 5.41) is 2.31. The van der Waals surface area contributed by atoms with Crippen LogP contribution < -0.4 is 4.31 Å². The lowest BCUT2D eigenvalue weighted by Gasteiger charge is -2.28. The number of halogens is 1. The van der Waals surface area contributed by atoms with Gasteiger partial charge in [0.15, 0.2) is 0 Å². The second-order valence-corrected chi connectivity index (χ2v) is 7.38. The van der Waals surface area contributed by atoms with Crippen molar-refractivity contribution in [3.05, 3.63) is 77.4 Å². The van der Waals surface area contributed by atoms with Crippen molar-refractivity contribution in [1.82, 2.24) is 4.98 Å². The maximum atomic E-state index is 12.2. The Morgan fingerprint density at radius 2 is 1.83 bits per heavy atom. The van der Waals surface area contributed by atoms with Gasteiger partial charge in [0.25, 0.3) is 0 Å². The number of hydrogen-bond donors (Lipinski definition) is 0. The number of rotatable bonds is 4. The Bertz CT molecular complexity index is 1280. The van der Waals surface area contributed by atoms with E-state index in [0.717, 1.165) is 5.39 Å². The smallest absolute Gasteiger partial charge is 0.338 e. The Labute approximate surface area is 174 Å². The van der Waals surface area contributed by atoms with Crippen LogP contribution in [-0.4, -0.2) is 26.8 Å². The molecule has 0 aliphatic carbocycles. The van der Waals surface area contributed by atoms with Crippen LogP contribution in [0.2, 0.25) is 5.15 Å². The maximum Gasteiger partial charge on any atom is 0.338 e. The van der Waals surface area contributed by atoms with E-state index >= 15 is 0 Å². The molecule has 6 nitrogen and oxygen atoms in total. The van der Waals surface area contributed by atoms with E-state index in [2.05, 4.69) is 4.98 Å². The molecule has 0 saturated heterocycles. The predicted molar refractivity (Wildman–Crippen MR) is 113 cm³/mol. The van der Waals surface area contributed by atoms with Gasteiger partial charge in [0.1, 0.15) is 5.15 Å². The Morgan fingerprint density at radius 3 is 2.55 bits per heavy atom. The van der Waals surface area contributed by atoms with Crippen molar-refractivity contribution < 1.29 is 18.3 Å². The van der Waals surface area contributed by atoms with Gasteiger partial charge < -0.3 is 9.29 Å². The molecule has 0 amide bonds. The molecule has 3 aromatic carbocycles. The summed E-state index contributed by atoms with van der Waals surface area (Å²) in [7, 11) is 1.30. The number of aromatic nitrogens is 1. The average Bonchev–Trinajstić information content (AvgIpc) is 2.73. The van der Waals surface area contributed by atoms with Crippen LogP contribution in [0.4, 0.5) is 11.4 Å². The van der Waals surface area contributed by atoms with Crippen molar-refractivity contribution in [2.75, 3.05) is 11.4 Å². The van der Waals surface area contributed by atoms with Crippen LogP contribution in [-0.2, 0) is 16.0 Å². The van der Waals surface area contributed by atoms with Crippen LogP contribution in [0.1, 0.15) is 10.4 Å². The van der Waals surface area contributed by atoms with Gasteiger partial charge in [-0.3, -0.25) is 8.51 Å². The molecule has 0 fully saturated rings. The third-order valence-corrected chi connectivity index (χ3v) is 5.46. The molecule has 8 heteroatoms. The van der Waals surface area contributed by atoms with E-state index in [1.54, 1.807) is 66.7 Å². The number of carbonyl (C=O) groups excluding carboxylic acids is 1. The van der Waals surface area contributed by atoms with Crippen LogP contribution >= 0.6 is 11.6 Å². The summed E-state index contributed by atoms with van der Waals surface area (Å²) in [6.07, 6.45) is 0. The zero-order valence-electron chi connectivity index (χ0n) is 15.2. The summed E-state index contributed by atoms with van der Waals surface area (Å²) in [6.45, 7) is 0. The predicted octanol–water partition coefficient (Wildman–Crippen LogP) is 4.76. The number of fused-ring (bicyclic) bond motifs is 2. The van der Waals surface area contributed by atoms with E-state index in [1.807, 2.05) is 0 Å². The molecule has 0 N–H and O–H groups in total. The molecule has 4 rings (SSSR count). The normalized spacial score (nSPS) is 12.1. The molecule has 1 atom stereocenters. The Morgan fingerprint density at radius 1 is 1.07 bits per heavy atom. The third-order valence-electron chi connectivity index (χ3n) is 4.55. The Hall–Kier alpha value is -3.00. The van der Waals surface area contributed by atoms with Gasteiger partial charge in [-0.05, 0) is 47.9 Å². The summed E-state index contributed by atoms with van der Waals surface area (Å²) in [4.78, 5) is 16.3. The van der Waals surface area contributed by atoms with Gasteiger partial charge in [-0.2, -0.15) is 0 Å². The van der Waals surface area contributed by atoms with Crippen molar-refractivity contribution in [1.29, 1.82) is 0 Å². The molecule has 1 aromatic heterocycles. The molecule has 0 spiro atoms. The second kappa shape index (κ2) is 7.79. The fourth-order valence-electron chi connectivity index (χ4n) is 3.27. The van der Waals surface area contributed by atoms with Crippen molar-refractivity contribution in [3.8, 4) is 0 Å². The van der Waals surface area contributed by atoms with Crippen LogP contribution in [0.3, 0.4) is 0 Å². The maximum absolute atomic E-state index is 12.2. The molecule has 0 saturated carbocycles. The third kappa shape index (κ3) is 3.55. The quantitative estimate of drug-likeness (QED) is 0.267. The number of carbonyl (C=O) groups is 1. The molecule has 0 aliphatic heterocycles. The van der Waals surface area contributed by atoms with Gasteiger partial charge in [0.05, 0.1) is 40.8 Å². The summed E-state index contributed by atoms with van der Waals surface area (Å²) >= 11 is 3.32. The van der Waals surface area contributed by atoms with Crippen molar-refractivity contribution in [2.45, 2.75) is 0 Å². The topological polar surface area (TPSA) is 82.6 Å². The molecule has 0 radical (unpaired) electrons. The first-order valence-electron chi connectivity index (χ1n) is 8.55. The van der Waals surface area contributed by atoms with E-state index in [1.165, 1.54) is 11.4 Å². The number of ether oxygens (including phenoxy) is 1. The van der Waals surface area contributed by atoms with Crippen molar-refractivity contribution >= 4 is 61.9 Å². The lowest BCUT2D eigenvalue weighted by Crippen LogP contribution is -2.20. The van der Waals surface area contributed by atoms with Crippen molar-refractivity contribution in [3.63, 3.8) is 0 Å². The van der Waals surface area contributed by atoms with Crippen LogP contribution in [0.15, 0.2) is 66.7 Å². The van der Waals surface area contributed by atoms with Gasteiger partial charge in [0, 0.05) is 10.8 Å². The molecule has 1 heterocycles. The highest BCUT2D eigenvalue weighted by Gasteiger charge is 2.18. The second-order valence-electron chi connectivity index (χ2n) is 6.19. The highest BCUT2D eigenvalue weighted by Crippen LogP contribution is 2.36. The number of hydrogen-bond acceptors (Lipinski definition) is 5. The zero-order valence-corrected chi connectivity index (χ0v) is 16.7. The number of esters is 1. The SMILES string of the molecule is COC(=O)c1ccc(N(c2ccc3nc(Cl)ccc3c2)S(=O)[O-])c2ccccc12. The first kappa shape index (κ1) is 19.3. The largest absolute Gasteiger partial charge is 0.755 e. The highest BCUT2D eigenvalue weighted by molar-refractivity contribution is 7.81. The van der Waals surface area contributed by atoms with Gasteiger partial charge in [-0.15, -0.1) is 0 Å². The summed E-state index contributed by atoms with van der Waals surface area (Å²) in [5.41, 5.74) is 1.87. The summed E-state index contributed by atoms with van der Waals surface area (Å²) in [5.74, 6) is -0.490. The van der Waals surface area contributed by atoms with Crippen molar-refractivity contribution in [2.24, 2.45) is 0 Å². The minimum atomic E-state index is -2.61. The zero-order chi connectivity index (χ0) is 20.5. The summed E-state index contributed by atoms with van der Waals surface area (Å²) in [6, 6.07) is 18.7. The Kier molecular flexibility index (Phi) is 5.19. The van der Waals surface area contributed by atoms with E-state index in [-0.39, 0.29) is 0 Å². The minimum absolute atomic E-state index is 0.360. The van der Waals surface area contributed by atoms with E-state index in [4.69, 9.17) is 16.3 Å². The van der Waals surface area contributed by atoms with Crippen LogP contribution in [0.5, 0.6) is 0 Å². The number of anilines is 2. The monoisotopic (exact) mass is 425 g/mol. The van der Waals surface area contributed by atoms with Gasteiger partial charge in [-0.1, -0.05) is 35.9 Å². The lowest BCUT2D eigenvalue weighted by molar-refractivity contribution is 0.0603. The average molecular weight is 426 g/mol. The molecular formula is C21H14ClN2O4S-. The number of pyridine rings is 1. The molecule has 146 valence electrons. The standard InChI is InChI=1S/C21H15ClN2O4S/c1-28-21(25)17-8-10-19(16-5-3-2-4-15(16)17)24(29(26)27)14-7-9-18-13(12-14)6-11-20(22)23-18/h2-12H,1H3,(H,26,27)/p-1. The highest BCUT2D eigenvalue weighted by atomic mass is 35.5. The first-order chi connectivity index (χ1) is 14.0. The first-order valence-corrected chi connectivity index (χ1v) is 9.96. The number of methoxy groups -OCH3 is 1. The van der Waals surface area contributed by atoms with E-state index in [9.17, 15) is 13.6 Å². The minimum Gasteiger partial charge on any atom is -0.755 e. The molecule has 29 heavy (non-hydrogen) atoms. The number of nitrogens with zero attached hydrogens (tertiary/aromatic N) is 2. The molecular weight excluding hydrogens is 412 g/mol. The molecule has 4 aromatic rings. The van der Waals surface area contributed by atoms with Gasteiger partial charge in [-0.25, -0.2) is 9.78 Å². The Balaban J connectivity index is 1.93. The van der Waals surface area contributed by atoms with Crippen LogP contribution in [0.25, 0.3) is 21.7 Å². The van der Waals surface area contributed by atoms with Gasteiger partial charge in [0.2, 0.25) is 0 Å². The van der Waals surface area contributed by atoms with E-state index in [0.29, 0.717) is 38.4 Å². The fraction of sp³-hybridized carbons (Fsp3) is 0.0476. The molecule has 1 unspecified atom stereocenters. The molecule has 0 bridgehead atoms. The lowest BCUT2D eigenvalue weighted by atomic mass is 10.0. The molecule has 0 aliphatic rings. The van der Waals surface area contributed by atoms with Gasteiger partial charge >= 0.3 is 5.97 Å². The fourth-order valence-corrected chi connectivity index (χ4v) is 4.03. The van der Waals surface area contributed by atoms with E-state index < -0.39 is 17.2 Å². The summed E-state index contributed by atoms with van der Waals surface area (Å²) < 4.78 is 30.4. The van der Waals surface area contributed by atoms with Crippen LogP contribution in [0, 0.1) is 0 Å². The number of benzene rings is 3.